The second-order valence-electron chi connectivity index (χ2n) is 5.43. The SMILES string of the molecule is CCC(C)C(O)CNC(=O)c1cnn(-c2ccc(F)cc2F)c1. The first-order chi connectivity index (χ1) is 10.9. The molecule has 23 heavy (non-hydrogen) atoms. The number of aliphatic hydroxyl groups is 1. The first-order valence-electron chi connectivity index (χ1n) is 7.38. The highest BCUT2D eigenvalue weighted by Gasteiger charge is 2.16. The molecule has 7 heteroatoms. The molecule has 1 aromatic carbocycles. The van der Waals surface area contributed by atoms with Crippen molar-refractivity contribution in [2.75, 3.05) is 6.54 Å². The van der Waals surface area contributed by atoms with E-state index in [2.05, 4.69) is 10.4 Å². The van der Waals surface area contributed by atoms with Crippen molar-refractivity contribution in [3.8, 4) is 5.69 Å². The van der Waals surface area contributed by atoms with E-state index < -0.39 is 23.6 Å². The third kappa shape index (κ3) is 4.13. The maximum atomic E-state index is 13.7. The second-order valence-corrected chi connectivity index (χ2v) is 5.43. The number of halogens is 2. The van der Waals surface area contributed by atoms with E-state index in [0.717, 1.165) is 23.2 Å². The highest BCUT2D eigenvalue weighted by Crippen LogP contribution is 2.14. The predicted octanol–water partition coefficient (Wildman–Crippen LogP) is 2.29. The predicted molar refractivity (Wildman–Crippen MR) is 81.3 cm³/mol. The first-order valence-corrected chi connectivity index (χ1v) is 7.38. The molecule has 1 heterocycles. The van der Waals surface area contributed by atoms with Crippen LogP contribution in [0.1, 0.15) is 30.6 Å². The fourth-order valence-corrected chi connectivity index (χ4v) is 2.01. The average molecular weight is 323 g/mol. The van der Waals surface area contributed by atoms with Crippen LogP contribution in [0, 0.1) is 17.6 Å². The minimum Gasteiger partial charge on any atom is -0.391 e. The highest BCUT2D eigenvalue weighted by molar-refractivity contribution is 5.93. The highest BCUT2D eigenvalue weighted by atomic mass is 19.1. The number of nitrogens with one attached hydrogen (secondary N) is 1. The van der Waals surface area contributed by atoms with Crippen molar-refractivity contribution < 1.29 is 18.7 Å². The topological polar surface area (TPSA) is 67.2 Å². The molecular weight excluding hydrogens is 304 g/mol. The number of hydrogen-bond donors (Lipinski definition) is 2. The molecule has 1 aromatic heterocycles. The number of carbonyl (C=O) groups is 1. The lowest BCUT2D eigenvalue weighted by atomic mass is 10.0. The fraction of sp³-hybridized carbons (Fsp3) is 0.375. The van der Waals surface area contributed by atoms with Crippen LogP contribution in [0.4, 0.5) is 8.78 Å². The zero-order chi connectivity index (χ0) is 17.0. The number of benzene rings is 1. The summed E-state index contributed by atoms with van der Waals surface area (Å²) in [5.74, 6) is -1.80. The molecular formula is C16H19F2N3O2. The quantitative estimate of drug-likeness (QED) is 0.857. The van der Waals surface area contributed by atoms with Crippen LogP contribution in [0.15, 0.2) is 30.6 Å². The molecule has 2 rings (SSSR count). The fourth-order valence-electron chi connectivity index (χ4n) is 2.01. The Bertz CT molecular complexity index is 688. The Morgan fingerprint density at radius 1 is 1.43 bits per heavy atom. The monoisotopic (exact) mass is 323 g/mol. The zero-order valence-corrected chi connectivity index (χ0v) is 13.0. The van der Waals surface area contributed by atoms with Gasteiger partial charge in [-0.15, -0.1) is 0 Å². The molecule has 0 radical (unpaired) electrons. The third-order valence-corrected chi connectivity index (χ3v) is 3.77. The number of rotatable bonds is 6. The summed E-state index contributed by atoms with van der Waals surface area (Å²) in [5, 5.41) is 16.4. The summed E-state index contributed by atoms with van der Waals surface area (Å²) in [6, 6.07) is 3.10. The number of carbonyl (C=O) groups excluding carboxylic acids is 1. The van der Waals surface area contributed by atoms with Crippen LogP contribution >= 0.6 is 0 Å². The molecule has 0 aliphatic heterocycles. The standard InChI is InChI=1S/C16H19F2N3O2/c1-3-10(2)15(22)8-19-16(23)11-7-20-21(9-11)14-5-4-12(17)6-13(14)18/h4-7,9-10,15,22H,3,8H2,1-2H3,(H,19,23). The van der Waals surface area contributed by atoms with Gasteiger partial charge in [-0.2, -0.15) is 5.10 Å². The first kappa shape index (κ1) is 17.1. The van der Waals surface area contributed by atoms with E-state index in [9.17, 15) is 18.7 Å². The largest absolute Gasteiger partial charge is 0.391 e. The molecule has 0 aliphatic carbocycles. The Labute approximate surface area is 132 Å². The molecule has 0 spiro atoms. The molecule has 0 bridgehead atoms. The van der Waals surface area contributed by atoms with Gasteiger partial charge >= 0.3 is 0 Å². The van der Waals surface area contributed by atoms with Gasteiger partial charge in [-0.1, -0.05) is 20.3 Å². The van der Waals surface area contributed by atoms with Crippen molar-refractivity contribution >= 4 is 5.91 Å². The van der Waals surface area contributed by atoms with Gasteiger partial charge in [0, 0.05) is 18.8 Å². The normalized spacial score (nSPS) is 13.6. The summed E-state index contributed by atoms with van der Waals surface area (Å²) in [5.41, 5.74) is 0.273. The van der Waals surface area contributed by atoms with Gasteiger partial charge in [0.25, 0.3) is 5.91 Å². The van der Waals surface area contributed by atoms with Gasteiger partial charge in [-0.25, -0.2) is 13.5 Å². The Kier molecular flexibility index (Phi) is 5.44. The van der Waals surface area contributed by atoms with Crippen LogP contribution in [0.3, 0.4) is 0 Å². The van der Waals surface area contributed by atoms with Gasteiger partial charge in [0.15, 0.2) is 5.82 Å². The van der Waals surface area contributed by atoms with Crippen molar-refractivity contribution in [3.05, 3.63) is 47.8 Å². The molecule has 124 valence electrons. The summed E-state index contributed by atoms with van der Waals surface area (Å²) in [7, 11) is 0. The third-order valence-electron chi connectivity index (χ3n) is 3.77. The Morgan fingerprint density at radius 2 is 2.17 bits per heavy atom. The number of aromatic nitrogens is 2. The zero-order valence-electron chi connectivity index (χ0n) is 13.0. The lowest BCUT2D eigenvalue weighted by Gasteiger charge is -2.17. The maximum absolute atomic E-state index is 13.7. The Balaban J connectivity index is 2.05. The van der Waals surface area contributed by atoms with Gasteiger partial charge in [-0.05, 0) is 18.1 Å². The molecule has 1 amide bonds. The van der Waals surface area contributed by atoms with Crippen LogP contribution in [-0.2, 0) is 0 Å². The van der Waals surface area contributed by atoms with Gasteiger partial charge < -0.3 is 10.4 Å². The number of aliphatic hydroxyl groups excluding tert-OH is 1. The van der Waals surface area contributed by atoms with Crippen LogP contribution in [-0.4, -0.2) is 33.4 Å². The molecule has 2 unspecified atom stereocenters. The summed E-state index contributed by atoms with van der Waals surface area (Å²) in [6.45, 7) is 3.98. The van der Waals surface area contributed by atoms with Crippen molar-refractivity contribution in [3.63, 3.8) is 0 Å². The molecule has 2 atom stereocenters. The van der Waals surface area contributed by atoms with Crippen LogP contribution in [0.5, 0.6) is 0 Å². The van der Waals surface area contributed by atoms with Gasteiger partial charge in [0.1, 0.15) is 11.5 Å². The minimum atomic E-state index is -0.771. The Morgan fingerprint density at radius 3 is 2.83 bits per heavy atom. The lowest BCUT2D eigenvalue weighted by molar-refractivity contribution is 0.0850. The van der Waals surface area contributed by atoms with Crippen molar-refractivity contribution in [2.24, 2.45) is 5.92 Å². The van der Waals surface area contributed by atoms with E-state index in [1.165, 1.54) is 18.5 Å². The van der Waals surface area contributed by atoms with Gasteiger partial charge in [0.2, 0.25) is 0 Å². The summed E-state index contributed by atoms with van der Waals surface area (Å²) in [6.07, 6.45) is 2.81. The van der Waals surface area contributed by atoms with E-state index in [-0.39, 0.29) is 23.7 Å². The van der Waals surface area contributed by atoms with Crippen molar-refractivity contribution in [1.82, 2.24) is 15.1 Å². The summed E-state index contributed by atoms with van der Waals surface area (Å²) < 4.78 is 27.8. The smallest absolute Gasteiger partial charge is 0.254 e. The molecule has 0 fully saturated rings. The van der Waals surface area contributed by atoms with Crippen LogP contribution in [0.2, 0.25) is 0 Å². The van der Waals surface area contributed by atoms with Crippen molar-refractivity contribution in [2.45, 2.75) is 26.4 Å². The van der Waals surface area contributed by atoms with Gasteiger partial charge in [0.05, 0.1) is 17.9 Å². The second kappa shape index (κ2) is 7.32. The molecule has 2 aromatic rings. The number of nitrogens with zero attached hydrogens (tertiary/aromatic N) is 2. The summed E-state index contributed by atoms with van der Waals surface area (Å²) >= 11 is 0. The minimum absolute atomic E-state index is 0.0464. The van der Waals surface area contributed by atoms with E-state index >= 15 is 0 Å². The maximum Gasteiger partial charge on any atom is 0.254 e. The number of hydrogen-bond acceptors (Lipinski definition) is 3. The van der Waals surface area contributed by atoms with E-state index in [1.807, 2.05) is 13.8 Å². The van der Waals surface area contributed by atoms with E-state index in [0.29, 0.717) is 0 Å². The lowest BCUT2D eigenvalue weighted by Crippen LogP contribution is -2.35. The average Bonchev–Trinajstić information content (AvgIpc) is 3.01. The van der Waals surface area contributed by atoms with E-state index in [1.54, 1.807) is 0 Å². The molecule has 0 aliphatic rings. The number of amides is 1. The van der Waals surface area contributed by atoms with Crippen molar-refractivity contribution in [1.29, 1.82) is 0 Å². The molecule has 2 N–H and O–H groups in total. The van der Waals surface area contributed by atoms with Gasteiger partial charge in [-0.3, -0.25) is 4.79 Å². The van der Waals surface area contributed by atoms with E-state index in [4.69, 9.17) is 0 Å². The summed E-state index contributed by atoms with van der Waals surface area (Å²) in [4.78, 5) is 12.0. The molecule has 0 saturated carbocycles. The molecule has 5 nitrogen and oxygen atoms in total. The van der Waals surface area contributed by atoms with Crippen LogP contribution < -0.4 is 5.32 Å². The molecule has 0 saturated heterocycles. The Hall–Kier alpha value is -2.28. The van der Waals surface area contributed by atoms with Crippen LogP contribution in [0.25, 0.3) is 5.69 Å².